The topological polar surface area (TPSA) is 102 Å². The summed E-state index contributed by atoms with van der Waals surface area (Å²) in [5, 5.41) is 0.593. The molecule has 0 unspecified atom stereocenters. The van der Waals surface area contributed by atoms with Crippen LogP contribution in [0.1, 0.15) is 18.4 Å². The van der Waals surface area contributed by atoms with Gasteiger partial charge in [-0.3, -0.25) is 14.3 Å². The molecule has 0 spiro atoms. The first kappa shape index (κ1) is 23.6. The highest BCUT2D eigenvalue weighted by Gasteiger charge is 2.26. The standard InChI is InChI=1S/C27H28N6O3S/c1-31-23-22(24(34)30-26(31)35)33(15-16-37-27-28-20-9-5-6-10-21(20)36-27)25(29-23)32-13-11-19(12-14-32)17-18-7-3-2-4-8-18/h2-10,19H,11-17H2,1H3,(H,30,34,35). The molecule has 37 heavy (non-hydrogen) atoms. The molecule has 0 aliphatic carbocycles. The van der Waals surface area contributed by atoms with Crippen LogP contribution in [0.5, 0.6) is 0 Å². The number of aryl methyl sites for hydroxylation is 2. The molecular formula is C27H28N6O3S. The largest absolute Gasteiger partial charge is 0.431 e. The van der Waals surface area contributed by atoms with Crippen LogP contribution in [-0.2, 0) is 20.0 Å². The Morgan fingerprint density at radius 1 is 1.03 bits per heavy atom. The van der Waals surface area contributed by atoms with E-state index in [1.54, 1.807) is 7.05 Å². The Morgan fingerprint density at radius 3 is 2.57 bits per heavy atom. The zero-order chi connectivity index (χ0) is 25.4. The predicted octanol–water partition coefficient (Wildman–Crippen LogP) is 3.82. The van der Waals surface area contributed by atoms with E-state index >= 15 is 0 Å². The summed E-state index contributed by atoms with van der Waals surface area (Å²) in [5.74, 6) is 1.98. The zero-order valence-electron chi connectivity index (χ0n) is 20.6. The van der Waals surface area contributed by atoms with Crippen molar-refractivity contribution in [3.05, 3.63) is 81.0 Å². The van der Waals surface area contributed by atoms with Crippen LogP contribution in [0.15, 0.2) is 73.8 Å². The molecular weight excluding hydrogens is 488 g/mol. The van der Waals surface area contributed by atoms with Gasteiger partial charge < -0.3 is 13.9 Å². The first-order valence-corrected chi connectivity index (χ1v) is 13.5. The molecule has 1 N–H and O–H groups in total. The number of oxazole rings is 1. The molecule has 1 fully saturated rings. The van der Waals surface area contributed by atoms with Crippen molar-refractivity contribution < 1.29 is 4.42 Å². The number of fused-ring (bicyclic) bond motifs is 2. The number of piperidine rings is 1. The van der Waals surface area contributed by atoms with E-state index in [0.717, 1.165) is 49.4 Å². The minimum absolute atomic E-state index is 0.405. The average molecular weight is 517 g/mol. The van der Waals surface area contributed by atoms with Gasteiger partial charge in [-0.2, -0.15) is 4.98 Å². The van der Waals surface area contributed by atoms with Gasteiger partial charge in [0.25, 0.3) is 10.8 Å². The maximum absolute atomic E-state index is 12.9. The summed E-state index contributed by atoms with van der Waals surface area (Å²) in [4.78, 5) is 39.2. The van der Waals surface area contributed by atoms with Crippen LogP contribution < -0.4 is 16.1 Å². The maximum Gasteiger partial charge on any atom is 0.329 e. The third-order valence-corrected chi connectivity index (χ3v) is 7.87. The summed E-state index contributed by atoms with van der Waals surface area (Å²) in [7, 11) is 1.64. The number of imidazole rings is 1. The molecule has 5 aromatic rings. The molecule has 2 aromatic carbocycles. The van der Waals surface area contributed by atoms with Gasteiger partial charge in [-0.1, -0.05) is 54.2 Å². The number of hydrogen-bond donors (Lipinski definition) is 1. The molecule has 6 rings (SSSR count). The Morgan fingerprint density at radius 2 is 1.78 bits per heavy atom. The summed E-state index contributed by atoms with van der Waals surface area (Å²) < 4.78 is 9.20. The minimum Gasteiger partial charge on any atom is -0.431 e. The third-order valence-electron chi connectivity index (χ3n) is 7.07. The van der Waals surface area contributed by atoms with Gasteiger partial charge in [0, 0.05) is 32.4 Å². The second-order valence-electron chi connectivity index (χ2n) is 9.47. The number of H-pyrrole nitrogens is 1. The number of nitrogens with one attached hydrogen (secondary N) is 1. The lowest BCUT2D eigenvalue weighted by atomic mass is 9.90. The number of anilines is 1. The van der Waals surface area contributed by atoms with Crippen molar-refractivity contribution in [3.63, 3.8) is 0 Å². The van der Waals surface area contributed by atoms with Crippen LogP contribution >= 0.6 is 11.8 Å². The molecule has 0 bridgehead atoms. The van der Waals surface area contributed by atoms with Gasteiger partial charge in [-0.15, -0.1) is 0 Å². The molecule has 1 aliphatic heterocycles. The van der Waals surface area contributed by atoms with E-state index in [4.69, 9.17) is 9.40 Å². The molecule has 4 heterocycles. The third kappa shape index (κ3) is 4.69. The predicted molar refractivity (Wildman–Crippen MR) is 145 cm³/mol. The molecule has 3 aromatic heterocycles. The lowest BCUT2D eigenvalue weighted by molar-refractivity contribution is 0.398. The Hall–Kier alpha value is -3.79. The van der Waals surface area contributed by atoms with E-state index in [-0.39, 0.29) is 0 Å². The number of para-hydroxylation sites is 2. The monoisotopic (exact) mass is 516 g/mol. The van der Waals surface area contributed by atoms with E-state index in [9.17, 15) is 9.59 Å². The van der Waals surface area contributed by atoms with Crippen molar-refractivity contribution in [2.75, 3.05) is 23.7 Å². The summed E-state index contributed by atoms with van der Waals surface area (Å²) >= 11 is 1.50. The van der Waals surface area contributed by atoms with Gasteiger partial charge in [0.15, 0.2) is 16.7 Å². The second kappa shape index (κ2) is 9.93. The number of aromatic nitrogens is 5. The molecule has 9 nitrogen and oxygen atoms in total. The van der Waals surface area contributed by atoms with Crippen molar-refractivity contribution in [3.8, 4) is 0 Å². The fourth-order valence-corrected chi connectivity index (χ4v) is 5.86. The van der Waals surface area contributed by atoms with Crippen molar-refractivity contribution >= 4 is 40.0 Å². The fourth-order valence-electron chi connectivity index (χ4n) is 5.10. The molecule has 190 valence electrons. The number of hydrogen-bond acceptors (Lipinski definition) is 7. The SMILES string of the molecule is Cn1c(=O)[nH]c(=O)c2c1nc(N1CCC(Cc3ccccc3)CC1)n2CCSc1nc2ccccc2o1. The summed E-state index contributed by atoms with van der Waals surface area (Å²) in [5.41, 5.74) is 2.89. The number of benzene rings is 2. The Labute approximate surface area is 217 Å². The van der Waals surface area contributed by atoms with Gasteiger partial charge in [0.2, 0.25) is 5.95 Å². The highest BCUT2D eigenvalue weighted by Crippen LogP contribution is 2.29. The first-order valence-electron chi connectivity index (χ1n) is 12.5. The summed E-state index contributed by atoms with van der Waals surface area (Å²) in [6.07, 6.45) is 3.16. The Balaban J connectivity index is 1.24. The molecule has 1 aliphatic rings. The number of aromatic amines is 1. The molecule has 10 heteroatoms. The van der Waals surface area contributed by atoms with Crippen LogP contribution in [-0.4, -0.2) is 42.9 Å². The average Bonchev–Trinajstić information content (AvgIpc) is 3.50. The van der Waals surface area contributed by atoms with Crippen molar-refractivity contribution in [1.29, 1.82) is 0 Å². The number of thioether (sulfide) groups is 1. The highest BCUT2D eigenvalue weighted by molar-refractivity contribution is 7.99. The van der Waals surface area contributed by atoms with Crippen LogP contribution in [0.25, 0.3) is 22.3 Å². The molecule has 0 amide bonds. The van der Waals surface area contributed by atoms with Crippen LogP contribution in [0, 0.1) is 5.92 Å². The van der Waals surface area contributed by atoms with Crippen molar-refractivity contribution in [2.24, 2.45) is 13.0 Å². The smallest absolute Gasteiger partial charge is 0.329 e. The van der Waals surface area contributed by atoms with Gasteiger partial charge >= 0.3 is 5.69 Å². The highest BCUT2D eigenvalue weighted by atomic mass is 32.2. The van der Waals surface area contributed by atoms with Gasteiger partial charge in [-0.05, 0) is 42.9 Å². The van der Waals surface area contributed by atoms with Crippen LogP contribution in [0.3, 0.4) is 0 Å². The van der Waals surface area contributed by atoms with E-state index in [1.807, 2.05) is 34.9 Å². The first-order chi connectivity index (χ1) is 18.1. The van der Waals surface area contributed by atoms with Crippen LogP contribution in [0.4, 0.5) is 5.95 Å². The Bertz CT molecular complexity index is 1630. The minimum atomic E-state index is -0.462. The zero-order valence-corrected chi connectivity index (χ0v) is 21.4. The molecule has 1 saturated heterocycles. The van der Waals surface area contributed by atoms with E-state index in [2.05, 4.69) is 39.1 Å². The quantitative estimate of drug-likeness (QED) is 0.328. The summed E-state index contributed by atoms with van der Waals surface area (Å²) in [6.45, 7) is 2.23. The fraction of sp³-hybridized carbons (Fsp3) is 0.333. The van der Waals surface area contributed by atoms with E-state index in [0.29, 0.717) is 34.6 Å². The molecule has 0 radical (unpaired) electrons. The second-order valence-corrected chi connectivity index (χ2v) is 10.5. The summed E-state index contributed by atoms with van der Waals surface area (Å²) in [6, 6.07) is 18.3. The normalized spacial score (nSPS) is 14.7. The van der Waals surface area contributed by atoms with Gasteiger partial charge in [-0.25, -0.2) is 9.78 Å². The van der Waals surface area contributed by atoms with E-state index in [1.165, 1.54) is 21.9 Å². The number of nitrogens with zero attached hydrogens (tertiary/aromatic N) is 5. The van der Waals surface area contributed by atoms with Crippen molar-refractivity contribution in [1.82, 2.24) is 24.1 Å². The molecule has 0 saturated carbocycles. The maximum atomic E-state index is 12.9. The van der Waals surface area contributed by atoms with Gasteiger partial charge in [0.1, 0.15) is 5.52 Å². The van der Waals surface area contributed by atoms with Gasteiger partial charge in [0.05, 0.1) is 0 Å². The lowest BCUT2D eigenvalue weighted by Crippen LogP contribution is -2.36. The molecule has 0 atom stereocenters. The number of rotatable bonds is 7. The van der Waals surface area contributed by atoms with Crippen LogP contribution in [0.2, 0.25) is 0 Å². The lowest BCUT2D eigenvalue weighted by Gasteiger charge is -2.33. The van der Waals surface area contributed by atoms with E-state index < -0.39 is 11.2 Å². The van der Waals surface area contributed by atoms with Crippen molar-refractivity contribution in [2.45, 2.75) is 31.0 Å². The Kier molecular flexibility index (Phi) is 6.33.